The van der Waals surface area contributed by atoms with Crippen molar-refractivity contribution in [2.45, 2.75) is 19.3 Å². The lowest BCUT2D eigenvalue weighted by molar-refractivity contribution is 0.365. The molecule has 1 aliphatic rings. The average Bonchev–Trinajstić information content (AvgIpc) is 1.60. The minimum absolute atomic E-state index is 0.589. The molecule has 0 saturated heterocycles. The summed E-state index contributed by atoms with van der Waals surface area (Å²) in [6.07, 6.45) is 6.68. The fourth-order valence-corrected chi connectivity index (χ4v) is 0.974. The van der Waals surface area contributed by atoms with Gasteiger partial charge in [-0.1, -0.05) is 6.42 Å². The molecule has 2 nitrogen and oxygen atoms in total. The van der Waals surface area contributed by atoms with Crippen LogP contribution in [0.4, 0.5) is 0 Å². The molecule has 0 amide bonds. The molecule has 2 heteroatoms. The fraction of sp³-hybridized carbons (Fsp3) is 0.571. The van der Waals surface area contributed by atoms with Gasteiger partial charge < -0.3 is 11.1 Å². The van der Waals surface area contributed by atoms with Gasteiger partial charge in [0.15, 0.2) is 0 Å². The Balaban J connectivity index is 2.39. The van der Waals surface area contributed by atoms with Crippen LogP contribution < -0.4 is 5.73 Å². The maximum absolute atomic E-state index is 6.74. The van der Waals surface area contributed by atoms with Crippen LogP contribution in [0.3, 0.4) is 0 Å². The van der Waals surface area contributed by atoms with Crippen molar-refractivity contribution >= 4 is 6.21 Å². The predicted octanol–water partition coefficient (Wildman–Crippen LogP) is 1.28. The summed E-state index contributed by atoms with van der Waals surface area (Å²) >= 11 is 0. The molecule has 9 heavy (non-hydrogen) atoms. The highest BCUT2D eigenvalue weighted by atomic mass is 14.6. The minimum atomic E-state index is 0.589. The number of allylic oxidation sites excluding steroid dienone is 2. The number of rotatable bonds is 2. The number of hydrogen-bond donors (Lipinski definition) is 2. The Bertz CT molecular complexity index is 134. The van der Waals surface area contributed by atoms with Crippen LogP contribution in [0.15, 0.2) is 11.8 Å². The van der Waals surface area contributed by atoms with Crippen molar-refractivity contribution in [3.05, 3.63) is 11.8 Å². The van der Waals surface area contributed by atoms with E-state index in [2.05, 4.69) is 0 Å². The summed E-state index contributed by atoms with van der Waals surface area (Å²) in [6, 6.07) is 0. The van der Waals surface area contributed by atoms with Gasteiger partial charge in [-0.25, -0.2) is 0 Å². The lowest BCUT2D eigenvalue weighted by atomic mass is 9.83. The van der Waals surface area contributed by atoms with Crippen molar-refractivity contribution in [3.8, 4) is 0 Å². The van der Waals surface area contributed by atoms with E-state index in [1.807, 2.05) is 0 Å². The van der Waals surface area contributed by atoms with Gasteiger partial charge >= 0.3 is 0 Å². The van der Waals surface area contributed by atoms with Gasteiger partial charge in [0.1, 0.15) is 0 Å². The third-order valence-electron chi connectivity index (χ3n) is 1.85. The molecule has 0 bridgehead atoms. The molecule has 0 aromatic carbocycles. The van der Waals surface area contributed by atoms with E-state index in [1.54, 1.807) is 6.08 Å². The summed E-state index contributed by atoms with van der Waals surface area (Å²) < 4.78 is 0. The Morgan fingerprint density at radius 1 is 1.56 bits per heavy atom. The summed E-state index contributed by atoms with van der Waals surface area (Å²) in [5.41, 5.74) is 6.48. The van der Waals surface area contributed by atoms with Crippen LogP contribution in [-0.4, -0.2) is 6.21 Å². The van der Waals surface area contributed by atoms with Gasteiger partial charge in [-0.05, 0) is 24.8 Å². The molecule has 0 aromatic rings. The molecule has 1 rings (SSSR count). The molecule has 1 aliphatic carbocycles. The second kappa shape index (κ2) is 2.67. The first-order chi connectivity index (χ1) is 4.34. The zero-order chi connectivity index (χ0) is 6.69. The van der Waals surface area contributed by atoms with Gasteiger partial charge in [-0.3, -0.25) is 0 Å². The van der Waals surface area contributed by atoms with Gasteiger partial charge in [-0.15, -0.1) is 0 Å². The van der Waals surface area contributed by atoms with Crippen molar-refractivity contribution in [3.63, 3.8) is 0 Å². The third-order valence-corrected chi connectivity index (χ3v) is 1.85. The molecule has 0 heterocycles. The van der Waals surface area contributed by atoms with Crippen molar-refractivity contribution in [1.29, 1.82) is 5.41 Å². The Morgan fingerprint density at radius 2 is 2.22 bits per heavy atom. The first-order valence-corrected chi connectivity index (χ1v) is 3.30. The van der Waals surface area contributed by atoms with E-state index in [0.29, 0.717) is 5.92 Å². The monoisotopic (exact) mass is 124 g/mol. The van der Waals surface area contributed by atoms with Gasteiger partial charge in [-0.2, -0.15) is 0 Å². The van der Waals surface area contributed by atoms with Gasteiger partial charge in [0.2, 0.25) is 0 Å². The Hall–Kier alpha value is -0.790. The molecule has 0 atom stereocenters. The molecular weight excluding hydrogens is 112 g/mol. The molecule has 0 unspecified atom stereocenters. The molecule has 3 N–H and O–H groups in total. The zero-order valence-electron chi connectivity index (χ0n) is 5.43. The van der Waals surface area contributed by atoms with Crippen LogP contribution in [-0.2, 0) is 0 Å². The normalized spacial score (nSPS) is 21.1. The van der Waals surface area contributed by atoms with Crippen molar-refractivity contribution in [2.75, 3.05) is 0 Å². The van der Waals surface area contributed by atoms with Crippen molar-refractivity contribution < 1.29 is 0 Å². The number of nitrogens with one attached hydrogen (secondary N) is 1. The zero-order valence-corrected chi connectivity index (χ0v) is 5.43. The SMILES string of the molecule is N=C/C=C(\N)C1CCC1. The van der Waals surface area contributed by atoms with Gasteiger partial charge in [0, 0.05) is 11.9 Å². The molecule has 0 aromatic heterocycles. The largest absolute Gasteiger partial charge is 0.402 e. The van der Waals surface area contributed by atoms with Gasteiger partial charge in [0.05, 0.1) is 0 Å². The average molecular weight is 124 g/mol. The minimum Gasteiger partial charge on any atom is -0.402 e. The Morgan fingerprint density at radius 3 is 2.56 bits per heavy atom. The molecule has 1 fully saturated rings. The van der Waals surface area contributed by atoms with E-state index < -0.39 is 0 Å². The van der Waals surface area contributed by atoms with E-state index in [0.717, 1.165) is 5.70 Å². The van der Waals surface area contributed by atoms with E-state index in [4.69, 9.17) is 11.1 Å². The molecule has 50 valence electrons. The molecule has 0 aliphatic heterocycles. The molecule has 0 spiro atoms. The van der Waals surface area contributed by atoms with E-state index in [9.17, 15) is 0 Å². The third kappa shape index (κ3) is 1.31. The Kier molecular flexibility index (Phi) is 1.88. The smallest absolute Gasteiger partial charge is 0.0194 e. The van der Waals surface area contributed by atoms with Crippen LogP contribution in [0.25, 0.3) is 0 Å². The second-order valence-electron chi connectivity index (χ2n) is 2.46. The maximum atomic E-state index is 6.74. The summed E-state index contributed by atoms with van der Waals surface area (Å²) in [6.45, 7) is 0. The summed E-state index contributed by atoms with van der Waals surface area (Å²) in [7, 11) is 0. The van der Waals surface area contributed by atoms with Crippen LogP contribution in [0.2, 0.25) is 0 Å². The highest BCUT2D eigenvalue weighted by Gasteiger charge is 2.18. The Labute approximate surface area is 55.3 Å². The first kappa shape index (κ1) is 6.33. The van der Waals surface area contributed by atoms with Crippen LogP contribution in [0.5, 0.6) is 0 Å². The first-order valence-electron chi connectivity index (χ1n) is 3.30. The van der Waals surface area contributed by atoms with Crippen LogP contribution in [0.1, 0.15) is 19.3 Å². The van der Waals surface area contributed by atoms with E-state index >= 15 is 0 Å². The number of hydrogen-bond acceptors (Lipinski definition) is 2. The molecular formula is C7H12N2. The standard InChI is InChI=1S/C7H12N2/c8-5-4-7(9)6-2-1-3-6/h4-6,8H,1-3,9H2/b7-4-,8-5?. The highest BCUT2D eigenvalue weighted by molar-refractivity contribution is 5.68. The van der Waals surface area contributed by atoms with Gasteiger partial charge in [0.25, 0.3) is 0 Å². The van der Waals surface area contributed by atoms with Crippen LogP contribution >= 0.6 is 0 Å². The topological polar surface area (TPSA) is 49.9 Å². The lowest BCUT2D eigenvalue weighted by Gasteiger charge is -2.25. The number of nitrogens with two attached hydrogens (primary N) is 1. The fourth-order valence-electron chi connectivity index (χ4n) is 0.974. The van der Waals surface area contributed by atoms with Crippen molar-refractivity contribution in [2.24, 2.45) is 11.7 Å². The summed E-state index contributed by atoms with van der Waals surface area (Å²) in [5, 5.41) is 6.74. The quantitative estimate of drug-likeness (QED) is 0.535. The summed E-state index contributed by atoms with van der Waals surface area (Å²) in [5.74, 6) is 0.589. The maximum Gasteiger partial charge on any atom is 0.0194 e. The molecule has 0 radical (unpaired) electrons. The van der Waals surface area contributed by atoms with Crippen LogP contribution in [0, 0.1) is 11.3 Å². The second-order valence-corrected chi connectivity index (χ2v) is 2.46. The lowest BCUT2D eigenvalue weighted by Crippen LogP contribution is -2.19. The van der Waals surface area contributed by atoms with E-state index in [-0.39, 0.29) is 0 Å². The van der Waals surface area contributed by atoms with E-state index in [1.165, 1.54) is 25.5 Å². The highest BCUT2D eigenvalue weighted by Crippen LogP contribution is 2.30. The predicted molar refractivity (Wildman–Crippen MR) is 38.4 cm³/mol. The van der Waals surface area contributed by atoms with Crippen molar-refractivity contribution in [1.82, 2.24) is 0 Å². The molecule has 1 saturated carbocycles. The summed E-state index contributed by atoms with van der Waals surface area (Å²) in [4.78, 5) is 0.